The van der Waals surface area contributed by atoms with E-state index in [1.807, 2.05) is 24.5 Å². The molecular formula is C24H28ClN5O2S. The molecule has 0 saturated heterocycles. The molecule has 0 spiro atoms. The molecule has 0 radical (unpaired) electrons. The van der Waals surface area contributed by atoms with Crippen LogP contribution in [-0.4, -0.2) is 30.5 Å². The van der Waals surface area contributed by atoms with Gasteiger partial charge in [0.25, 0.3) is 10.0 Å². The summed E-state index contributed by atoms with van der Waals surface area (Å²) in [4.78, 5) is 8.96. The first-order valence-electron chi connectivity index (χ1n) is 11.1. The molecule has 1 aromatic heterocycles. The highest BCUT2D eigenvalue weighted by atomic mass is 35.5. The minimum absolute atomic E-state index is 0.0562. The maximum Gasteiger partial charge on any atom is 0.263 e. The molecular weight excluding hydrogens is 458 g/mol. The van der Waals surface area contributed by atoms with Crippen LogP contribution >= 0.6 is 11.6 Å². The first-order valence-corrected chi connectivity index (χ1v) is 12.9. The van der Waals surface area contributed by atoms with Gasteiger partial charge >= 0.3 is 0 Å². The predicted molar refractivity (Wildman–Crippen MR) is 132 cm³/mol. The van der Waals surface area contributed by atoms with Gasteiger partial charge in [-0.25, -0.2) is 18.4 Å². The van der Waals surface area contributed by atoms with Crippen LogP contribution in [0.1, 0.15) is 36.8 Å². The molecule has 3 aromatic rings. The highest BCUT2D eigenvalue weighted by molar-refractivity contribution is 7.92. The van der Waals surface area contributed by atoms with E-state index >= 15 is 0 Å². The largest absolute Gasteiger partial charge is 0.351 e. The van der Waals surface area contributed by atoms with Crippen molar-refractivity contribution < 1.29 is 8.42 Å². The fraction of sp³-hybridized carbons (Fsp3) is 0.333. The molecule has 0 aliphatic heterocycles. The minimum Gasteiger partial charge on any atom is -0.351 e. The van der Waals surface area contributed by atoms with Crippen molar-refractivity contribution >= 4 is 33.3 Å². The molecule has 0 bridgehead atoms. The molecule has 0 amide bonds. The Morgan fingerprint density at radius 3 is 2.21 bits per heavy atom. The van der Waals surface area contributed by atoms with Crippen LogP contribution in [0.5, 0.6) is 0 Å². The topological polar surface area (TPSA) is 110 Å². The molecule has 174 valence electrons. The van der Waals surface area contributed by atoms with E-state index in [2.05, 4.69) is 20.0 Å². The molecule has 1 aliphatic carbocycles. The number of nitrogens with zero attached hydrogens (tertiary/aromatic N) is 2. The summed E-state index contributed by atoms with van der Waals surface area (Å²) in [5.41, 5.74) is 8.59. The van der Waals surface area contributed by atoms with Crippen molar-refractivity contribution in [3.8, 4) is 0 Å². The third-order valence-corrected chi connectivity index (χ3v) is 7.73. The first-order chi connectivity index (χ1) is 15.9. The number of aryl methyl sites for hydroxylation is 2. The number of benzene rings is 2. The molecule has 4 N–H and O–H groups in total. The smallest absolute Gasteiger partial charge is 0.263 e. The van der Waals surface area contributed by atoms with Crippen molar-refractivity contribution in [3.63, 3.8) is 0 Å². The number of halogens is 1. The van der Waals surface area contributed by atoms with Gasteiger partial charge in [0.15, 0.2) is 0 Å². The maximum absolute atomic E-state index is 12.6. The minimum atomic E-state index is -3.74. The fourth-order valence-corrected chi connectivity index (χ4v) is 5.48. The molecule has 1 saturated carbocycles. The summed E-state index contributed by atoms with van der Waals surface area (Å²) < 4.78 is 27.7. The molecule has 2 aromatic carbocycles. The Balaban J connectivity index is 1.29. The molecule has 0 atom stereocenters. The van der Waals surface area contributed by atoms with E-state index in [9.17, 15) is 8.42 Å². The zero-order chi connectivity index (χ0) is 23.3. The lowest BCUT2D eigenvalue weighted by Crippen LogP contribution is -2.33. The number of nitrogens with two attached hydrogens (primary N) is 1. The van der Waals surface area contributed by atoms with Crippen LogP contribution in [-0.2, 0) is 22.9 Å². The maximum atomic E-state index is 12.6. The Morgan fingerprint density at radius 2 is 1.55 bits per heavy atom. The normalized spacial score (nSPS) is 18.6. The van der Waals surface area contributed by atoms with Crippen LogP contribution in [0.3, 0.4) is 0 Å². The zero-order valence-electron chi connectivity index (χ0n) is 18.2. The van der Waals surface area contributed by atoms with Gasteiger partial charge in [0, 0.05) is 30.2 Å². The van der Waals surface area contributed by atoms with Crippen molar-refractivity contribution in [1.29, 1.82) is 0 Å². The zero-order valence-corrected chi connectivity index (χ0v) is 19.8. The van der Waals surface area contributed by atoms with Gasteiger partial charge in [0.1, 0.15) is 4.90 Å². The monoisotopic (exact) mass is 485 g/mol. The van der Waals surface area contributed by atoms with Gasteiger partial charge in [-0.3, -0.25) is 4.72 Å². The van der Waals surface area contributed by atoms with E-state index in [1.165, 1.54) is 6.07 Å². The van der Waals surface area contributed by atoms with E-state index in [4.69, 9.17) is 17.3 Å². The highest BCUT2D eigenvalue weighted by Gasteiger charge is 2.19. The summed E-state index contributed by atoms with van der Waals surface area (Å²) in [5.74, 6) is 0.661. The Morgan fingerprint density at radius 1 is 0.909 bits per heavy atom. The third-order valence-electron chi connectivity index (χ3n) is 5.85. The lowest BCUT2D eigenvalue weighted by Gasteiger charge is -2.26. The number of hydrogen-bond donors (Lipinski definition) is 3. The molecule has 1 aliphatic rings. The first kappa shape index (κ1) is 23.5. The van der Waals surface area contributed by atoms with E-state index in [-0.39, 0.29) is 9.92 Å². The van der Waals surface area contributed by atoms with Gasteiger partial charge < -0.3 is 11.1 Å². The summed E-state index contributed by atoms with van der Waals surface area (Å²) in [7, 11) is -3.74. The van der Waals surface area contributed by atoms with Crippen molar-refractivity contribution in [2.45, 2.75) is 55.5 Å². The van der Waals surface area contributed by atoms with Crippen molar-refractivity contribution in [3.05, 3.63) is 77.1 Å². The predicted octanol–water partition coefficient (Wildman–Crippen LogP) is 4.40. The van der Waals surface area contributed by atoms with Crippen LogP contribution in [0, 0.1) is 0 Å². The quantitative estimate of drug-likeness (QED) is 0.436. The Labute approximate surface area is 199 Å². The summed E-state index contributed by atoms with van der Waals surface area (Å²) >= 11 is 6.03. The number of anilines is 2. The second-order valence-electron chi connectivity index (χ2n) is 8.40. The van der Waals surface area contributed by atoms with E-state index in [0.717, 1.165) is 49.7 Å². The summed E-state index contributed by atoms with van der Waals surface area (Å²) in [6.07, 6.45) is 9.49. The SMILES string of the molecule is NC1CCC(Nc2ncc(CCc3ccc(NS(=O)(=O)c4ccccc4Cl)cc3)cn2)CC1. The second kappa shape index (κ2) is 10.5. The van der Waals surface area contributed by atoms with Gasteiger partial charge in [0.05, 0.1) is 5.02 Å². The highest BCUT2D eigenvalue weighted by Crippen LogP contribution is 2.24. The molecule has 0 unspecified atom stereocenters. The summed E-state index contributed by atoms with van der Waals surface area (Å²) in [5, 5.41) is 3.59. The number of sulfonamides is 1. The van der Waals surface area contributed by atoms with Crippen molar-refractivity contribution in [2.24, 2.45) is 5.73 Å². The lowest BCUT2D eigenvalue weighted by atomic mass is 9.92. The fourth-order valence-electron chi connectivity index (χ4n) is 3.91. The molecule has 9 heteroatoms. The Kier molecular flexibility index (Phi) is 7.47. The standard InChI is InChI=1S/C24H28ClN5O2S/c25-22-3-1-2-4-23(22)33(31,32)30-21-11-7-17(8-12-21)5-6-18-15-27-24(28-16-18)29-20-13-9-19(26)10-14-20/h1-4,7-8,11-12,15-16,19-20,30H,5-6,9-10,13-14,26H2,(H,27,28,29). The average molecular weight is 486 g/mol. The molecule has 1 fully saturated rings. The Hall–Kier alpha value is -2.68. The van der Waals surface area contributed by atoms with Crippen LogP contribution in [0.15, 0.2) is 65.8 Å². The van der Waals surface area contributed by atoms with Gasteiger partial charge in [-0.05, 0) is 73.9 Å². The van der Waals surface area contributed by atoms with Crippen LogP contribution < -0.4 is 15.8 Å². The van der Waals surface area contributed by atoms with Crippen LogP contribution in [0.4, 0.5) is 11.6 Å². The number of nitrogens with one attached hydrogen (secondary N) is 2. The molecule has 7 nitrogen and oxygen atoms in total. The average Bonchev–Trinajstić information content (AvgIpc) is 2.81. The van der Waals surface area contributed by atoms with E-state index < -0.39 is 10.0 Å². The lowest BCUT2D eigenvalue weighted by molar-refractivity contribution is 0.410. The van der Waals surface area contributed by atoms with Gasteiger partial charge in [-0.15, -0.1) is 0 Å². The third kappa shape index (κ3) is 6.43. The molecule has 4 rings (SSSR count). The van der Waals surface area contributed by atoms with Gasteiger partial charge in [-0.2, -0.15) is 0 Å². The number of aromatic nitrogens is 2. The van der Waals surface area contributed by atoms with Crippen molar-refractivity contribution in [2.75, 3.05) is 10.0 Å². The van der Waals surface area contributed by atoms with Crippen LogP contribution in [0.2, 0.25) is 5.02 Å². The van der Waals surface area contributed by atoms with Gasteiger partial charge in [-0.1, -0.05) is 35.9 Å². The van der Waals surface area contributed by atoms with Gasteiger partial charge in [0.2, 0.25) is 5.95 Å². The summed E-state index contributed by atoms with van der Waals surface area (Å²) in [6.45, 7) is 0. The Bertz CT molecular complexity index is 1160. The van der Waals surface area contributed by atoms with E-state index in [0.29, 0.717) is 23.7 Å². The van der Waals surface area contributed by atoms with Crippen LogP contribution in [0.25, 0.3) is 0 Å². The molecule has 33 heavy (non-hydrogen) atoms. The van der Waals surface area contributed by atoms with Crippen molar-refractivity contribution in [1.82, 2.24) is 9.97 Å². The molecule has 1 heterocycles. The van der Waals surface area contributed by atoms with E-state index in [1.54, 1.807) is 30.3 Å². The number of rotatable bonds is 8. The second-order valence-corrected chi connectivity index (χ2v) is 10.5. The summed E-state index contributed by atoms with van der Waals surface area (Å²) in [6, 6.07) is 14.4. The number of hydrogen-bond acceptors (Lipinski definition) is 6.